The summed E-state index contributed by atoms with van der Waals surface area (Å²) in [6, 6.07) is -0.593. The molecular formula is C16H28N4O. The number of aryl methyl sites for hydroxylation is 1. The summed E-state index contributed by atoms with van der Waals surface area (Å²) in [7, 11) is 1.83. The molecular weight excluding hydrogens is 264 g/mol. The normalized spacial score (nSPS) is 22.0. The molecule has 21 heavy (non-hydrogen) atoms. The van der Waals surface area contributed by atoms with Crippen molar-refractivity contribution >= 4 is 5.91 Å². The average molecular weight is 292 g/mol. The Hall–Kier alpha value is -1.36. The minimum Gasteiger partial charge on any atom is -0.341 e. The van der Waals surface area contributed by atoms with Gasteiger partial charge in [0, 0.05) is 31.9 Å². The molecule has 0 saturated carbocycles. The van der Waals surface area contributed by atoms with Crippen LogP contribution in [0.1, 0.15) is 51.6 Å². The van der Waals surface area contributed by atoms with Crippen LogP contribution in [-0.4, -0.2) is 33.7 Å². The highest BCUT2D eigenvalue weighted by Gasteiger charge is 2.30. The van der Waals surface area contributed by atoms with E-state index in [2.05, 4.69) is 25.9 Å². The van der Waals surface area contributed by atoms with E-state index in [-0.39, 0.29) is 5.91 Å². The Balaban J connectivity index is 2.00. The van der Waals surface area contributed by atoms with Crippen molar-refractivity contribution in [3.63, 3.8) is 0 Å². The SMILES string of the molecule is Cn1cc(C(N)C(=O)N2CCCC(C(C)(C)C)CC2)cn1. The summed E-state index contributed by atoms with van der Waals surface area (Å²) >= 11 is 0. The molecule has 0 aliphatic carbocycles. The van der Waals surface area contributed by atoms with Crippen molar-refractivity contribution in [1.29, 1.82) is 0 Å². The van der Waals surface area contributed by atoms with Gasteiger partial charge in [-0.1, -0.05) is 20.8 Å². The molecule has 2 unspecified atom stereocenters. The maximum atomic E-state index is 12.6. The number of nitrogens with zero attached hydrogens (tertiary/aromatic N) is 3. The molecule has 0 spiro atoms. The number of nitrogens with two attached hydrogens (primary N) is 1. The van der Waals surface area contributed by atoms with Crippen LogP contribution in [0.15, 0.2) is 12.4 Å². The summed E-state index contributed by atoms with van der Waals surface area (Å²) in [6.07, 6.45) is 6.81. The Morgan fingerprint density at radius 2 is 2.10 bits per heavy atom. The van der Waals surface area contributed by atoms with Crippen molar-refractivity contribution in [1.82, 2.24) is 14.7 Å². The lowest BCUT2D eigenvalue weighted by Crippen LogP contribution is -2.39. The van der Waals surface area contributed by atoms with E-state index in [9.17, 15) is 4.79 Å². The quantitative estimate of drug-likeness (QED) is 0.908. The summed E-state index contributed by atoms with van der Waals surface area (Å²) in [5.74, 6) is 0.697. The molecule has 1 aliphatic rings. The second-order valence-electron chi connectivity index (χ2n) is 7.24. The summed E-state index contributed by atoms with van der Waals surface area (Å²) in [6.45, 7) is 8.50. The van der Waals surface area contributed by atoms with Gasteiger partial charge in [0.15, 0.2) is 0 Å². The lowest BCUT2D eigenvalue weighted by Gasteiger charge is -2.30. The lowest BCUT2D eigenvalue weighted by atomic mass is 9.77. The monoisotopic (exact) mass is 292 g/mol. The molecule has 2 N–H and O–H groups in total. The molecule has 2 rings (SSSR count). The molecule has 1 aromatic rings. The highest BCUT2D eigenvalue weighted by atomic mass is 16.2. The molecule has 118 valence electrons. The van der Waals surface area contributed by atoms with Gasteiger partial charge in [0.2, 0.25) is 5.91 Å². The summed E-state index contributed by atoms with van der Waals surface area (Å²) in [5, 5.41) is 4.09. The van der Waals surface area contributed by atoms with Gasteiger partial charge in [0.1, 0.15) is 6.04 Å². The first-order chi connectivity index (χ1) is 9.79. The Labute approximate surface area is 127 Å². The first-order valence-electron chi connectivity index (χ1n) is 7.82. The van der Waals surface area contributed by atoms with E-state index in [1.165, 1.54) is 6.42 Å². The van der Waals surface area contributed by atoms with Crippen LogP contribution in [0.5, 0.6) is 0 Å². The second kappa shape index (κ2) is 6.18. The molecule has 5 nitrogen and oxygen atoms in total. The Bertz CT molecular complexity index is 489. The third-order valence-corrected chi connectivity index (χ3v) is 4.61. The van der Waals surface area contributed by atoms with E-state index >= 15 is 0 Å². The Morgan fingerprint density at radius 3 is 2.67 bits per heavy atom. The third-order valence-electron chi connectivity index (χ3n) is 4.61. The van der Waals surface area contributed by atoms with Crippen molar-refractivity contribution in [3.05, 3.63) is 18.0 Å². The summed E-state index contributed by atoms with van der Waals surface area (Å²) < 4.78 is 1.68. The molecule has 0 aromatic carbocycles. The summed E-state index contributed by atoms with van der Waals surface area (Å²) in [5.41, 5.74) is 7.21. The highest BCUT2D eigenvalue weighted by Crippen LogP contribution is 2.34. The second-order valence-corrected chi connectivity index (χ2v) is 7.24. The third kappa shape index (κ3) is 3.84. The minimum atomic E-state index is -0.593. The van der Waals surface area contributed by atoms with E-state index < -0.39 is 6.04 Å². The first kappa shape index (κ1) is 16.0. The number of hydrogen-bond acceptors (Lipinski definition) is 3. The standard InChI is InChI=1S/C16H28N4O/c1-16(2,3)13-6-5-8-20(9-7-13)15(21)14(17)12-10-18-19(4)11-12/h10-11,13-14H,5-9,17H2,1-4H3. The molecule has 5 heteroatoms. The number of carbonyl (C=O) groups excluding carboxylic acids is 1. The first-order valence-corrected chi connectivity index (χ1v) is 7.82. The van der Waals surface area contributed by atoms with Gasteiger partial charge in [0.25, 0.3) is 0 Å². The zero-order valence-corrected chi connectivity index (χ0v) is 13.7. The van der Waals surface area contributed by atoms with Crippen LogP contribution in [-0.2, 0) is 11.8 Å². The van der Waals surface area contributed by atoms with Crippen molar-refractivity contribution in [2.75, 3.05) is 13.1 Å². The highest BCUT2D eigenvalue weighted by molar-refractivity contribution is 5.82. The molecule has 1 aliphatic heterocycles. The van der Waals surface area contributed by atoms with Crippen LogP contribution in [0.4, 0.5) is 0 Å². The van der Waals surface area contributed by atoms with Gasteiger partial charge < -0.3 is 10.6 Å². The van der Waals surface area contributed by atoms with Crippen molar-refractivity contribution in [2.45, 2.75) is 46.1 Å². The number of rotatable bonds is 2. The molecule has 1 aromatic heterocycles. The van der Waals surface area contributed by atoms with Crippen LogP contribution in [0.25, 0.3) is 0 Å². The zero-order valence-electron chi connectivity index (χ0n) is 13.7. The van der Waals surface area contributed by atoms with Gasteiger partial charge >= 0.3 is 0 Å². The smallest absolute Gasteiger partial charge is 0.244 e. The van der Waals surface area contributed by atoms with Crippen LogP contribution < -0.4 is 5.73 Å². The lowest BCUT2D eigenvalue weighted by molar-refractivity contribution is -0.132. The fourth-order valence-corrected chi connectivity index (χ4v) is 3.12. The van der Waals surface area contributed by atoms with E-state index in [1.807, 2.05) is 18.1 Å². The van der Waals surface area contributed by atoms with E-state index in [4.69, 9.17) is 5.73 Å². The fraction of sp³-hybridized carbons (Fsp3) is 0.750. The molecule has 2 atom stereocenters. The van der Waals surface area contributed by atoms with Crippen LogP contribution in [0, 0.1) is 11.3 Å². The predicted molar refractivity (Wildman–Crippen MR) is 83.5 cm³/mol. The minimum absolute atomic E-state index is 0.0255. The number of likely N-dealkylation sites (tertiary alicyclic amines) is 1. The maximum Gasteiger partial charge on any atom is 0.244 e. The number of carbonyl (C=O) groups is 1. The van der Waals surface area contributed by atoms with E-state index in [1.54, 1.807) is 10.9 Å². The van der Waals surface area contributed by atoms with Crippen molar-refractivity contribution in [2.24, 2.45) is 24.1 Å². The van der Waals surface area contributed by atoms with Gasteiger partial charge in [-0.3, -0.25) is 9.48 Å². The largest absolute Gasteiger partial charge is 0.341 e. The molecule has 1 saturated heterocycles. The summed E-state index contributed by atoms with van der Waals surface area (Å²) in [4.78, 5) is 14.5. The van der Waals surface area contributed by atoms with Crippen LogP contribution in [0.3, 0.4) is 0 Å². The molecule has 1 amide bonds. The van der Waals surface area contributed by atoms with Gasteiger partial charge in [-0.05, 0) is 30.6 Å². The maximum absolute atomic E-state index is 12.6. The fourth-order valence-electron chi connectivity index (χ4n) is 3.12. The van der Waals surface area contributed by atoms with Gasteiger partial charge in [-0.25, -0.2) is 0 Å². The molecule has 0 bridgehead atoms. The number of hydrogen-bond donors (Lipinski definition) is 1. The van der Waals surface area contributed by atoms with E-state index in [0.717, 1.165) is 31.5 Å². The number of aromatic nitrogens is 2. The van der Waals surface area contributed by atoms with Crippen LogP contribution in [0.2, 0.25) is 0 Å². The zero-order chi connectivity index (χ0) is 15.6. The van der Waals surface area contributed by atoms with Crippen LogP contribution >= 0.6 is 0 Å². The molecule has 0 radical (unpaired) electrons. The Morgan fingerprint density at radius 1 is 1.38 bits per heavy atom. The topological polar surface area (TPSA) is 64.2 Å². The van der Waals surface area contributed by atoms with Crippen molar-refractivity contribution in [3.8, 4) is 0 Å². The van der Waals surface area contributed by atoms with Crippen molar-refractivity contribution < 1.29 is 4.79 Å². The molecule has 1 fully saturated rings. The van der Waals surface area contributed by atoms with Gasteiger partial charge in [-0.2, -0.15) is 5.10 Å². The molecule has 2 heterocycles. The van der Waals surface area contributed by atoms with Gasteiger partial charge in [0.05, 0.1) is 6.20 Å². The average Bonchev–Trinajstić information content (AvgIpc) is 2.69. The predicted octanol–water partition coefficient (Wildman–Crippen LogP) is 2.09. The van der Waals surface area contributed by atoms with Gasteiger partial charge in [-0.15, -0.1) is 0 Å². The van der Waals surface area contributed by atoms with E-state index in [0.29, 0.717) is 11.3 Å². The number of amides is 1. The Kier molecular flexibility index (Phi) is 4.71.